The van der Waals surface area contributed by atoms with Crippen LogP contribution < -0.4 is 0 Å². The van der Waals surface area contributed by atoms with Crippen molar-refractivity contribution in [3.8, 4) is 0 Å². The van der Waals surface area contributed by atoms with Gasteiger partial charge >= 0.3 is 5.97 Å². The average molecular weight is 356 g/mol. The summed E-state index contributed by atoms with van der Waals surface area (Å²) in [6, 6.07) is 12.2. The number of furan rings is 1. The predicted octanol–water partition coefficient (Wildman–Crippen LogP) is 4.15. The molecule has 0 bridgehead atoms. The number of esters is 1. The lowest BCUT2D eigenvalue weighted by Gasteiger charge is -2.12. The van der Waals surface area contributed by atoms with E-state index in [2.05, 4.69) is 0 Å². The molecule has 0 saturated heterocycles. The fourth-order valence-corrected chi connectivity index (χ4v) is 2.67. The normalized spacial score (nSPS) is 12.1. The number of halogens is 1. The zero-order valence-corrected chi connectivity index (χ0v) is 14.3. The van der Waals surface area contributed by atoms with E-state index in [1.54, 1.807) is 12.1 Å². The van der Waals surface area contributed by atoms with Crippen molar-refractivity contribution < 1.29 is 27.9 Å². The van der Waals surface area contributed by atoms with E-state index in [1.807, 2.05) is 12.1 Å². The van der Waals surface area contributed by atoms with E-state index in [0.717, 1.165) is 5.39 Å². The molecule has 0 saturated carbocycles. The molecule has 0 aliphatic heterocycles. The van der Waals surface area contributed by atoms with E-state index < -0.39 is 23.7 Å². The van der Waals surface area contributed by atoms with Crippen LogP contribution in [0.2, 0.25) is 0 Å². The van der Waals surface area contributed by atoms with Crippen LogP contribution in [0.3, 0.4) is 0 Å². The Kier molecular flexibility index (Phi) is 5.14. The van der Waals surface area contributed by atoms with Crippen LogP contribution in [-0.4, -0.2) is 25.0 Å². The highest BCUT2D eigenvalue weighted by Crippen LogP contribution is 2.27. The van der Waals surface area contributed by atoms with Gasteiger partial charge in [-0.1, -0.05) is 18.2 Å². The minimum absolute atomic E-state index is 0.00630. The average Bonchev–Trinajstić information content (AvgIpc) is 3.01. The second-order valence-electron chi connectivity index (χ2n) is 5.76. The van der Waals surface area contributed by atoms with Gasteiger partial charge in [-0.3, -0.25) is 4.79 Å². The molecule has 3 aromatic rings. The van der Waals surface area contributed by atoms with Gasteiger partial charge in [0.15, 0.2) is 6.10 Å². The molecule has 5 nitrogen and oxygen atoms in total. The zero-order chi connectivity index (χ0) is 18.7. The summed E-state index contributed by atoms with van der Waals surface area (Å²) in [5.74, 6) is -1.62. The third-order valence-corrected chi connectivity index (χ3v) is 3.95. The zero-order valence-electron chi connectivity index (χ0n) is 14.3. The van der Waals surface area contributed by atoms with Crippen LogP contribution in [0.25, 0.3) is 11.0 Å². The molecule has 1 aromatic heterocycles. The van der Waals surface area contributed by atoms with Crippen LogP contribution in [0.1, 0.15) is 33.4 Å². The second kappa shape index (κ2) is 7.49. The van der Waals surface area contributed by atoms with Crippen molar-refractivity contribution in [1.82, 2.24) is 0 Å². The highest BCUT2D eigenvalue weighted by molar-refractivity contribution is 6.02. The monoisotopic (exact) mass is 356 g/mol. The maximum Gasteiger partial charge on any atom is 0.375 e. The van der Waals surface area contributed by atoms with Gasteiger partial charge in [0, 0.05) is 23.6 Å². The summed E-state index contributed by atoms with van der Waals surface area (Å²) in [6.45, 7) is 1.63. The van der Waals surface area contributed by atoms with E-state index in [9.17, 15) is 14.0 Å². The highest BCUT2D eigenvalue weighted by atomic mass is 19.1. The van der Waals surface area contributed by atoms with Crippen molar-refractivity contribution in [1.29, 1.82) is 0 Å². The van der Waals surface area contributed by atoms with Crippen molar-refractivity contribution in [2.45, 2.75) is 19.6 Å². The molecule has 26 heavy (non-hydrogen) atoms. The predicted molar refractivity (Wildman–Crippen MR) is 92.5 cm³/mol. The maximum absolute atomic E-state index is 13.0. The summed E-state index contributed by atoms with van der Waals surface area (Å²) in [6.07, 6.45) is -1.04. The molecule has 0 spiro atoms. The van der Waals surface area contributed by atoms with E-state index >= 15 is 0 Å². The number of hydrogen-bond acceptors (Lipinski definition) is 5. The molecule has 0 radical (unpaired) electrons. The largest absolute Gasteiger partial charge is 0.449 e. The second-order valence-corrected chi connectivity index (χ2v) is 5.76. The van der Waals surface area contributed by atoms with Crippen molar-refractivity contribution in [3.05, 3.63) is 71.2 Å². The Morgan fingerprint density at radius 3 is 2.50 bits per heavy atom. The van der Waals surface area contributed by atoms with E-state index in [1.165, 1.54) is 38.3 Å². The first kappa shape index (κ1) is 17.8. The van der Waals surface area contributed by atoms with Crippen LogP contribution in [0.5, 0.6) is 0 Å². The Balaban J connectivity index is 1.83. The van der Waals surface area contributed by atoms with Gasteiger partial charge in [-0.25, -0.2) is 9.18 Å². The SMILES string of the molecule is COCc1c(C(=O)O[C@@H](C)C(=O)c2ccc(F)cc2)oc2ccccc12. The number of fused-ring (bicyclic) bond motifs is 1. The number of ketones is 1. The molecule has 0 unspecified atom stereocenters. The van der Waals surface area contributed by atoms with Crippen molar-refractivity contribution in [2.75, 3.05) is 7.11 Å². The van der Waals surface area contributed by atoms with Gasteiger partial charge in [0.05, 0.1) is 6.61 Å². The Hall–Kier alpha value is -2.99. The fourth-order valence-electron chi connectivity index (χ4n) is 2.67. The Morgan fingerprint density at radius 2 is 1.81 bits per heavy atom. The number of benzene rings is 2. The van der Waals surface area contributed by atoms with Crippen molar-refractivity contribution >= 4 is 22.7 Å². The molecule has 0 aliphatic carbocycles. The van der Waals surface area contributed by atoms with E-state index in [-0.39, 0.29) is 17.9 Å². The first-order chi connectivity index (χ1) is 12.5. The lowest BCUT2D eigenvalue weighted by atomic mass is 10.1. The van der Waals surface area contributed by atoms with E-state index in [0.29, 0.717) is 11.1 Å². The maximum atomic E-state index is 13.0. The molecule has 6 heteroatoms. The molecule has 1 atom stereocenters. The quantitative estimate of drug-likeness (QED) is 0.490. The first-order valence-electron chi connectivity index (χ1n) is 8.01. The van der Waals surface area contributed by atoms with Gasteiger partial charge in [0.25, 0.3) is 0 Å². The summed E-state index contributed by atoms with van der Waals surface area (Å²) >= 11 is 0. The third-order valence-electron chi connectivity index (χ3n) is 3.95. The lowest BCUT2D eigenvalue weighted by Crippen LogP contribution is -2.24. The molecule has 0 fully saturated rings. The third kappa shape index (κ3) is 3.50. The Bertz CT molecular complexity index is 942. The lowest BCUT2D eigenvalue weighted by molar-refractivity contribution is 0.0286. The first-order valence-corrected chi connectivity index (χ1v) is 8.01. The smallest absolute Gasteiger partial charge is 0.375 e. The number of Topliss-reactive ketones (excluding diaryl/α,β-unsaturated/α-hetero) is 1. The van der Waals surface area contributed by atoms with Crippen molar-refractivity contribution in [3.63, 3.8) is 0 Å². The van der Waals surface area contributed by atoms with Crippen LogP contribution in [0.15, 0.2) is 52.9 Å². The summed E-state index contributed by atoms with van der Waals surface area (Å²) in [5.41, 5.74) is 1.35. The Labute approximate surface area is 149 Å². The molecular formula is C20H17FO5. The summed E-state index contributed by atoms with van der Waals surface area (Å²) in [5, 5.41) is 0.749. The number of hydrogen-bond donors (Lipinski definition) is 0. The van der Waals surface area contributed by atoms with E-state index in [4.69, 9.17) is 13.9 Å². The van der Waals surface area contributed by atoms with Crippen LogP contribution >= 0.6 is 0 Å². The van der Waals surface area contributed by atoms with Crippen molar-refractivity contribution in [2.24, 2.45) is 0 Å². The van der Waals surface area contributed by atoms with Gasteiger partial charge in [0.1, 0.15) is 11.4 Å². The van der Waals surface area contributed by atoms with Gasteiger partial charge in [0.2, 0.25) is 11.5 Å². The minimum Gasteiger partial charge on any atom is -0.449 e. The molecule has 1 heterocycles. The molecule has 0 N–H and O–H groups in total. The topological polar surface area (TPSA) is 65.7 Å². The van der Waals surface area contributed by atoms with Gasteiger partial charge in [-0.05, 0) is 37.3 Å². The molecule has 134 valence electrons. The minimum atomic E-state index is -1.04. The Morgan fingerprint density at radius 1 is 1.12 bits per heavy atom. The standard InChI is InChI=1S/C20H17FO5/c1-12(18(22)13-7-9-14(21)10-8-13)25-20(23)19-16(11-24-2)15-5-3-4-6-17(15)26-19/h3-10,12H,11H2,1-2H3/t12-/m0/s1. The number of methoxy groups -OCH3 is 1. The molecule has 0 amide bonds. The van der Waals surface area contributed by atoms with Crippen LogP contribution in [0.4, 0.5) is 4.39 Å². The number of para-hydroxylation sites is 1. The number of rotatable bonds is 6. The highest BCUT2D eigenvalue weighted by Gasteiger charge is 2.26. The molecule has 3 rings (SSSR count). The number of carbonyl (C=O) groups is 2. The summed E-state index contributed by atoms with van der Waals surface area (Å²) < 4.78 is 29.0. The number of carbonyl (C=O) groups excluding carboxylic acids is 2. The van der Waals surface area contributed by atoms with Gasteiger partial charge < -0.3 is 13.9 Å². The molecule has 2 aromatic carbocycles. The van der Waals surface area contributed by atoms with Crippen LogP contribution in [0, 0.1) is 5.82 Å². The van der Waals surface area contributed by atoms with Gasteiger partial charge in [-0.15, -0.1) is 0 Å². The number of ether oxygens (including phenoxy) is 2. The molecule has 0 aliphatic rings. The molecular weight excluding hydrogens is 339 g/mol. The fraction of sp³-hybridized carbons (Fsp3) is 0.200. The summed E-state index contributed by atoms with van der Waals surface area (Å²) in [7, 11) is 1.51. The van der Waals surface area contributed by atoms with Gasteiger partial charge in [-0.2, -0.15) is 0 Å². The van der Waals surface area contributed by atoms with Crippen LogP contribution in [-0.2, 0) is 16.1 Å². The summed E-state index contributed by atoms with van der Waals surface area (Å²) in [4.78, 5) is 24.9.